The summed E-state index contributed by atoms with van der Waals surface area (Å²) < 4.78 is 18.1. The van der Waals surface area contributed by atoms with Gasteiger partial charge in [0.25, 0.3) is 0 Å². The zero-order valence-corrected chi connectivity index (χ0v) is 21.5. The Morgan fingerprint density at radius 1 is 1.03 bits per heavy atom. The molecule has 0 fully saturated rings. The molecule has 4 rings (SSSR count). The maximum Gasteiger partial charge on any atom is 0.308 e. The molecule has 1 aliphatic rings. The van der Waals surface area contributed by atoms with Gasteiger partial charge in [-0.05, 0) is 82.0 Å². The van der Waals surface area contributed by atoms with Crippen molar-refractivity contribution in [2.45, 2.75) is 78.9 Å². The van der Waals surface area contributed by atoms with Crippen molar-refractivity contribution in [1.29, 1.82) is 0 Å². The number of ketones is 1. The standard InChI is InChI=1S/C30H34O5/c1-18-19(2)29-24(20(3)28(18)34-22(5)31)14-16-30(6,35-29)17-15-26(32)21(4)33-27-13-9-11-23-10-7-8-12-25(23)27/h7-13,21H,14-17H2,1-6H3. The lowest BCUT2D eigenvalue weighted by Crippen LogP contribution is -2.38. The Balaban J connectivity index is 1.45. The van der Waals surface area contributed by atoms with E-state index >= 15 is 0 Å². The minimum absolute atomic E-state index is 0.0582. The van der Waals surface area contributed by atoms with Crippen LogP contribution in [0.5, 0.6) is 17.2 Å². The first-order chi connectivity index (χ1) is 16.6. The van der Waals surface area contributed by atoms with Crippen molar-refractivity contribution in [2.75, 3.05) is 0 Å². The highest BCUT2D eigenvalue weighted by Crippen LogP contribution is 2.45. The summed E-state index contributed by atoms with van der Waals surface area (Å²) in [6, 6.07) is 13.9. The van der Waals surface area contributed by atoms with E-state index in [1.807, 2.05) is 70.2 Å². The topological polar surface area (TPSA) is 61.8 Å². The largest absolute Gasteiger partial charge is 0.487 e. The van der Waals surface area contributed by atoms with Crippen LogP contribution >= 0.6 is 0 Å². The summed E-state index contributed by atoms with van der Waals surface area (Å²) in [6.07, 6.45) is 2.04. The van der Waals surface area contributed by atoms with E-state index in [9.17, 15) is 9.59 Å². The smallest absolute Gasteiger partial charge is 0.308 e. The molecule has 0 bridgehead atoms. The number of esters is 1. The molecule has 0 amide bonds. The molecule has 3 aromatic carbocycles. The van der Waals surface area contributed by atoms with Crippen LogP contribution in [0.1, 0.15) is 62.3 Å². The summed E-state index contributed by atoms with van der Waals surface area (Å²) in [4.78, 5) is 24.6. The molecular weight excluding hydrogens is 440 g/mol. The predicted octanol–water partition coefficient (Wildman–Crippen LogP) is 6.59. The average Bonchev–Trinajstić information content (AvgIpc) is 2.84. The van der Waals surface area contributed by atoms with Gasteiger partial charge in [0.2, 0.25) is 0 Å². The van der Waals surface area contributed by atoms with Gasteiger partial charge in [-0.3, -0.25) is 9.59 Å². The molecule has 0 aliphatic carbocycles. The molecule has 1 aliphatic heterocycles. The van der Waals surface area contributed by atoms with Gasteiger partial charge >= 0.3 is 5.97 Å². The van der Waals surface area contributed by atoms with Gasteiger partial charge in [-0.1, -0.05) is 36.4 Å². The van der Waals surface area contributed by atoms with Gasteiger partial charge in [0, 0.05) is 24.3 Å². The van der Waals surface area contributed by atoms with Crippen molar-refractivity contribution in [3.05, 3.63) is 64.7 Å². The molecule has 1 heterocycles. The molecule has 0 saturated heterocycles. The Bertz CT molecular complexity index is 1290. The number of Topliss-reactive ketones (excluding diaryl/α,β-unsaturated/α-hetero) is 1. The van der Waals surface area contributed by atoms with Crippen LogP contribution in [-0.2, 0) is 16.0 Å². The number of hydrogen-bond donors (Lipinski definition) is 0. The van der Waals surface area contributed by atoms with Gasteiger partial charge < -0.3 is 14.2 Å². The highest BCUT2D eigenvalue weighted by molar-refractivity contribution is 5.89. The zero-order valence-electron chi connectivity index (χ0n) is 21.5. The maximum absolute atomic E-state index is 13.0. The van der Waals surface area contributed by atoms with E-state index < -0.39 is 11.7 Å². The molecular formula is C30H34O5. The van der Waals surface area contributed by atoms with Crippen molar-refractivity contribution in [2.24, 2.45) is 0 Å². The number of ether oxygens (including phenoxy) is 3. The summed E-state index contributed by atoms with van der Waals surface area (Å²) in [5, 5.41) is 2.09. The summed E-state index contributed by atoms with van der Waals surface area (Å²) in [5.74, 6) is 1.95. The van der Waals surface area contributed by atoms with Crippen LogP contribution in [0.3, 0.4) is 0 Å². The van der Waals surface area contributed by atoms with Crippen molar-refractivity contribution in [3.8, 4) is 17.2 Å². The lowest BCUT2D eigenvalue weighted by Gasteiger charge is -2.38. The molecule has 3 aromatic rings. The van der Waals surface area contributed by atoms with E-state index in [0.29, 0.717) is 18.6 Å². The van der Waals surface area contributed by atoms with Crippen LogP contribution in [-0.4, -0.2) is 23.5 Å². The molecule has 35 heavy (non-hydrogen) atoms. The number of benzene rings is 3. The van der Waals surface area contributed by atoms with Gasteiger partial charge in [-0.15, -0.1) is 0 Å². The Morgan fingerprint density at radius 2 is 1.74 bits per heavy atom. The third kappa shape index (κ3) is 5.04. The Morgan fingerprint density at radius 3 is 2.49 bits per heavy atom. The van der Waals surface area contributed by atoms with E-state index in [-0.39, 0.29) is 11.8 Å². The Labute approximate surface area is 207 Å². The van der Waals surface area contributed by atoms with Gasteiger partial charge in [0.05, 0.1) is 0 Å². The number of fused-ring (bicyclic) bond motifs is 2. The van der Waals surface area contributed by atoms with E-state index in [1.54, 1.807) is 0 Å². The van der Waals surface area contributed by atoms with Crippen LogP contribution in [0.2, 0.25) is 0 Å². The highest BCUT2D eigenvalue weighted by atomic mass is 16.5. The molecule has 184 valence electrons. The second kappa shape index (κ2) is 9.73. The fourth-order valence-corrected chi connectivity index (χ4v) is 4.90. The predicted molar refractivity (Wildman–Crippen MR) is 138 cm³/mol. The minimum atomic E-state index is -0.544. The normalized spacial score (nSPS) is 17.9. The van der Waals surface area contributed by atoms with Crippen LogP contribution < -0.4 is 14.2 Å². The Hall–Kier alpha value is -3.34. The van der Waals surface area contributed by atoms with Gasteiger partial charge in [-0.2, -0.15) is 0 Å². The monoisotopic (exact) mass is 474 g/mol. The fourth-order valence-electron chi connectivity index (χ4n) is 4.90. The molecule has 2 atom stereocenters. The third-order valence-corrected chi connectivity index (χ3v) is 7.22. The lowest BCUT2D eigenvalue weighted by molar-refractivity contribution is -0.132. The molecule has 0 radical (unpaired) electrons. The molecule has 0 spiro atoms. The van der Waals surface area contributed by atoms with Gasteiger partial charge in [0.1, 0.15) is 22.8 Å². The maximum atomic E-state index is 13.0. The number of carbonyl (C=O) groups is 2. The molecule has 5 heteroatoms. The van der Waals surface area contributed by atoms with E-state index in [4.69, 9.17) is 14.2 Å². The number of hydrogen-bond acceptors (Lipinski definition) is 5. The first-order valence-corrected chi connectivity index (χ1v) is 12.3. The van der Waals surface area contributed by atoms with Gasteiger partial charge in [0.15, 0.2) is 11.9 Å². The van der Waals surface area contributed by atoms with E-state index in [2.05, 4.69) is 6.92 Å². The van der Waals surface area contributed by atoms with Gasteiger partial charge in [-0.25, -0.2) is 0 Å². The Kier molecular flexibility index (Phi) is 6.88. The molecule has 0 aromatic heterocycles. The summed E-state index contributed by atoms with van der Waals surface area (Å²) in [6.45, 7) is 11.2. The molecule has 0 saturated carbocycles. The van der Waals surface area contributed by atoms with Crippen molar-refractivity contribution in [1.82, 2.24) is 0 Å². The van der Waals surface area contributed by atoms with Crippen LogP contribution in [0, 0.1) is 20.8 Å². The van der Waals surface area contributed by atoms with Crippen LogP contribution in [0.4, 0.5) is 0 Å². The second-order valence-electron chi connectivity index (χ2n) is 9.86. The van der Waals surface area contributed by atoms with E-state index in [1.165, 1.54) is 6.92 Å². The fraction of sp³-hybridized carbons (Fsp3) is 0.400. The first kappa shape index (κ1) is 24.8. The van der Waals surface area contributed by atoms with Crippen molar-refractivity contribution in [3.63, 3.8) is 0 Å². The second-order valence-corrected chi connectivity index (χ2v) is 9.86. The highest BCUT2D eigenvalue weighted by Gasteiger charge is 2.35. The summed E-state index contributed by atoms with van der Waals surface area (Å²) >= 11 is 0. The molecule has 5 nitrogen and oxygen atoms in total. The minimum Gasteiger partial charge on any atom is -0.487 e. The third-order valence-electron chi connectivity index (χ3n) is 7.22. The van der Waals surface area contributed by atoms with Crippen LogP contribution in [0.15, 0.2) is 42.5 Å². The van der Waals surface area contributed by atoms with Crippen molar-refractivity contribution < 1.29 is 23.8 Å². The summed E-state index contributed by atoms with van der Waals surface area (Å²) in [7, 11) is 0. The number of carbonyl (C=O) groups excluding carboxylic acids is 2. The number of rotatable bonds is 7. The lowest BCUT2D eigenvalue weighted by atomic mass is 9.84. The van der Waals surface area contributed by atoms with Crippen molar-refractivity contribution >= 4 is 22.5 Å². The average molecular weight is 475 g/mol. The SMILES string of the molecule is CC(=O)Oc1c(C)c(C)c2c(c1C)CCC(C)(CCC(=O)C(C)Oc1cccc3ccccc13)O2. The first-order valence-electron chi connectivity index (χ1n) is 12.3. The molecule has 0 N–H and O–H groups in total. The molecule has 2 unspecified atom stereocenters. The zero-order chi connectivity index (χ0) is 25.3. The summed E-state index contributed by atoms with van der Waals surface area (Å²) in [5.41, 5.74) is 3.48. The quantitative estimate of drug-likeness (QED) is 0.285. The van der Waals surface area contributed by atoms with Crippen LogP contribution in [0.25, 0.3) is 10.8 Å². The van der Waals surface area contributed by atoms with E-state index in [0.717, 1.165) is 57.4 Å².